The van der Waals surface area contributed by atoms with Crippen LogP contribution in [0.4, 0.5) is 4.79 Å². The van der Waals surface area contributed by atoms with Crippen LogP contribution in [0.5, 0.6) is 0 Å². The second-order valence-corrected chi connectivity index (χ2v) is 11.0. The summed E-state index contributed by atoms with van der Waals surface area (Å²) in [6.45, 7) is 1.87. The number of nitrogens with zero attached hydrogens (tertiary/aromatic N) is 1. The summed E-state index contributed by atoms with van der Waals surface area (Å²) in [6.07, 6.45) is 0.762. The van der Waals surface area contributed by atoms with Gasteiger partial charge in [0.25, 0.3) is 0 Å². The van der Waals surface area contributed by atoms with Crippen molar-refractivity contribution in [2.75, 3.05) is 7.05 Å². The number of hydrogen-bond donors (Lipinski definition) is 7. The summed E-state index contributed by atoms with van der Waals surface area (Å²) in [6, 6.07) is 10.8. The summed E-state index contributed by atoms with van der Waals surface area (Å²) in [4.78, 5) is 80.3. The number of rotatable bonds is 17. The molecular formula is C32H40N6O8. The van der Waals surface area contributed by atoms with E-state index in [0.29, 0.717) is 24.0 Å². The van der Waals surface area contributed by atoms with E-state index in [1.165, 1.54) is 7.05 Å². The summed E-state index contributed by atoms with van der Waals surface area (Å²) in [7, 11) is 1.35. The van der Waals surface area contributed by atoms with Gasteiger partial charge in [0.05, 0.1) is 6.42 Å². The van der Waals surface area contributed by atoms with Crippen molar-refractivity contribution in [1.82, 2.24) is 25.8 Å². The van der Waals surface area contributed by atoms with Gasteiger partial charge >= 0.3 is 12.1 Å². The molecule has 0 spiro atoms. The number of benzene rings is 2. The molecule has 0 bridgehead atoms. The van der Waals surface area contributed by atoms with Gasteiger partial charge in [-0.3, -0.25) is 24.0 Å². The number of aliphatic carboxylic acids is 1. The van der Waals surface area contributed by atoms with Gasteiger partial charge in [-0.15, -0.1) is 0 Å². The molecule has 3 rings (SSSR count). The van der Waals surface area contributed by atoms with Crippen LogP contribution in [0.3, 0.4) is 0 Å². The van der Waals surface area contributed by atoms with Crippen molar-refractivity contribution in [1.29, 1.82) is 0 Å². The predicted octanol–water partition coefficient (Wildman–Crippen LogP) is 1.54. The predicted molar refractivity (Wildman–Crippen MR) is 168 cm³/mol. The van der Waals surface area contributed by atoms with Crippen molar-refractivity contribution >= 4 is 46.6 Å². The highest BCUT2D eigenvalue weighted by Gasteiger charge is 2.35. The minimum Gasteiger partial charge on any atom is -0.481 e. The Balaban J connectivity index is 1.82. The molecule has 0 unspecified atom stereocenters. The lowest BCUT2D eigenvalue weighted by molar-refractivity contribution is -0.144. The molecule has 3 aromatic rings. The van der Waals surface area contributed by atoms with Crippen LogP contribution in [-0.4, -0.2) is 87.0 Å². The Kier molecular flexibility index (Phi) is 12.7. The molecule has 46 heavy (non-hydrogen) atoms. The van der Waals surface area contributed by atoms with E-state index in [4.69, 9.17) is 5.73 Å². The third kappa shape index (κ3) is 9.81. The van der Waals surface area contributed by atoms with Crippen LogP contribution < -0.4 is 21.7 Å². The first-order valence-corrected chi connectivity index (χ1v) is 14.9. The molecule has 4 atom stereocenters. The number of carboxylic acids is 1. The third-order valence-electron chi connectivity index (χ3n) is 7.60. The van der Waals surface area contributed by atoms with E-state index in [2.05, 4.69) is 20.9 Å². The Morgan fingerprint density at radius 2 is 1.50 bits per heavy atom. The fourth-order valence-corrected chi connectivity index (χ4v) is 5.16. The van der Waals surface area contributed by atoms with Gasteiger partial charge in [0.2, 0.25) is 23.6 Å². The summed E-state index contributed by atoms with van der Waals surface area (Å²) in [5.41, 5.74) is 7.69. The second-order valence-electron chi connectivity index (χ2n) is 11.0. The van der Waals surface area contributed by atoms with Crippen molar-refractivity contribution in [3.05, 3.63) is 71.9 Å². The minimum absolute atomic E-state index is 0.0123. The number of carbonyl (C=O) groups is 6. The molecule has 1 aromatic heterocycles. The third-order valence-corrected chi connectivity index (χ3v) is 7.60. The number of hydrogen-bond acceptors (Lipinski definition) is 6. The maximum absolute atomic E-state index is 13.7. The smallest absolute Gasteiger partial charge is 0.405 e. The maximum Gasteiger partial charge on any atom is 0.405 e. The normalized spacial score (nSPS) is 13.5. The lowest BCUT2D eigenvalue weighted by Gasteiger charge is -2.31. The number of carboxylic acid groups (broad SMARTS) is 2. The van der Waals surface area contributed by atoms with Crippen molar-refractivity contribution < 1.29 is 39.0 Å². The van der Waals surface area contributed by atoms with Crippen LogP contribution in [0.15, 0.2) is 60.8 Å². The van der Waals surface area contributed by atoms with Crippen LogP contribution in [0.1, 0.15) is 43.7 Å². The van der Waals surface area contributed by atoms with Gasteiger partial charge in [0.15, 0.2) is 0 Å². The van der Waals surface area contributed by atoms with Crippen molar-refractivity contribution in [2.45, 2.75) is 69.6 Å². The number of aromatic nitrogens is 1. The summed E-state index contributed by atoms with van der Waals surface area (Å²) >= 11 is 0. The number of unbranched alkanes of at least 4 members (excludes halogenated alkanes) is 1. The van der Waals surface area contributed by atoms with E-state index < -0.39 is 66.3 Å². The highest BCUT2D eigenvalue weighted by molar-refractivity contribution is 5.96. The van der Waals surface area contributed by atoms with Crippen LogP contribution in [0.2, 0.25) is 0 Å². The van der Waals surface area contributed by atoms with Gasteiger partial charge < -0.3 is 41.8 Å². The molecule has 0 saturated carbocycles. The molecular weight excluding hydrogens is 596 g/mol. The zero-order valence-electron chi connectivity index (χ0n) is 25.7. The van der Waals surface area contributed by atoms with E-state index in [1.807, 2.05) is 31.2 Å². The second kappa shape index (κ2) is 16.6. The Hall–Kier alpha value is -5.40. The van der Waals surface area contributed by atoms with Gasteiger partial charge in [-0.05, 0) is 23.6 Å². The van der Waals surface area contributed by atoms with E-state index >= 15 is 0 Å². The number of likely N-dealkylation sites (N-methyl/N-ethyl adjacent to an activating group) is 1. The molecule has 0 aliphatic rings. The van der Waals surface area contributed by atoms with Crippen molar-refractivity contribution in [2.24, 2.45) is 5.73 Å². The van der Waals surface area contributed by atoms with Crippen molar-refractivity contribution in [3.63, 3.8) is 0 Å². The number of amides is 5. The average molecular weight is 637 g/mol. The van der Waals surface area contributed by atoms with Gasteiger partial charge in [-0.2, -0.15) is 0 Å². The molecule has 0 fully saturated rings. The first-order chi connectivity index (χ1) is 21.9. The monoisotopic (exact) mass is 636 g/mol. The number of primary amides is 1. The largest absolute Gasteiger partial charge is 0.481 e. The number of para-hydroxylation sites is 1. The number of carbonyl (C=O) groups excluding carboxylic acids is 4. The number of fused-ring (bicyclic) bond motifs is 1. The lowest BCUT2D eigenvalue weighted by Crippen LogP contribution is -2.59. The molecule has 5 amide bonds. The summed E-state index contributed by atoms with van der Waals surface area (Å²) in [5.74, 6) is -4.69. The Morgan fingerprint density at radius 3 is 2.13 bits per heavy atom. The average Bonchev–Trinajstić information content (AvgIpc) is 3.42. The van der Waals surface area contributed by atoms with Crippen LogP contribution in [0.25, 0.3) is 10.9 Å². The first-order valence-electron chi connectivity index (χ1n) is 14.9. The molecule has 14 nitrogen and oxygen atoms in total. The Labute approximate surface area is 265 Å². The van der Waals surface area contributed by atoms with Crippen LogP contribution >= 0.6 is 0 Å². The topological polar surface area (TPSA) is 224 Å². The van der Waals surface area contributed by atoms with E-state index in [1.54, 1.807) is 36.5 Å². The van der Waals surface area contributed by atoms with E-state index in [-0.39, 0.29) is 19.3 Å². The number of nitrogens with two attached hydrogens (primary N) is 1. The summed E-state index contributed by atoms with van der Waals surface area (Å²) < 4.78 is 0. The molecule has 0 radical (unpaired) electrons. The fraction of sp³-hybridized carbons (Fsp3) is 0.375. The van der Waals surface area contributed by atoms with Crippen molar-refractivity contribution in [3.8, 4) is 0 Å². The minimum atomic E-state index is -1.60. The molecule has 0 saturated heterocycles. The number of nitrogens with one attached hydrogen (secondary N) is 4. The molecule has 2 aromatic carbocycles. The molecule has 0 aliphatic carbocycles. The molecule has 8 N–H and O–H groups in total. The Morgan fingerprint density at radius 1 is 0.848 bits per heavy atom. The molecule has 0 aliphatic heterocycles. The van der Waals surface area contributed by atoms with E-state index in [0.717, 1.165) is 15.8 Å². The first kappa shape index (κ1) is 35.1. The highest BCUT2D eigenvalue weighted by atomic mass is 16.4. The highest BCUT2D eigenvalue weighted by Crippen LogP contribution is 2.20. The van der Waals surface area contributed by atoms with Crippen LogP contribution in [0, 0.1) is 0 Å². The van der Waals surface area contributed by atoms with Gasteiger partial charge in [-0.1, -0.05) is 68.3 Å². The SMILES string of the molecule is CCCC[C@@H](C(=O)N[C@@H](CC(=O)O)C(=O)N[C@@H](Cc1ccccc1)C(N)=O)N(C)C(=O)[C@H](Cc1c[nH]c2ccccc12)NC(=O)O. The van der Waals surface area contributed by atoms with E-state index in [9.17, 15) is 39.0 Å². The van der Waals surface area contributed by atoms with Gasteiger partial charge in [0, 0.05) is 37.0 Å². The van der Waals surface area contributed by atoms with Gasteiger partial charge in [-0.25, -0.2) is 4.79 Å². The quantitative estimate of drug-likeness (QED) is 0.115. The molecule has 14 heteroatoms. The molecule has 1 heterocycles. The summed E-state index contributed by atoms with van der Waals surface area (Å²) in [5, 5.41) is 26.9. The Bertz CT molecular complexity index is 1540. The number of H-pyrrole nitrogens is 1. The van der Waals surface area contributed by atoms with Gasteiger partial charge in [0.1, 0.15) is 24.2 Å². The zero-order chi connectivity index (χ0) is 33.8. The fourth-order valence-electron chi connectivity index (χ4n) is 5.16. The number of aromatic amines is 1. The zero-order valence-corrected chi connectivity index (χ0v) is 25.7. The molecule has 246 valence electrons. The standard InChI is InChI=1S/C32H40N6O8/c1-3-4-14-26(38(2)31(44)25(37-32(45)46)16-20-18-34-22-13-9-8-12-21(20)22)30(43)36-24(17-27(39)40)29(42)35-23(28(33)41)15-19-10-6-5-7-11-19/h5-13,18,23-26,34,37H,3-4,14-17H2,1-2H3,(H2,33,41)(H,35,42)(H,36,43)(H,39,40)(H,45,46)/t23-,24-,25-,26-/m0/s1. The van der Waals surface area contributed by atoms with Crippen LogP contribution in [-0.2, 0) is 36.8 Å². The maximum atomic E-state index is 13.7. The lowest BCUT2D eigenvalue weighted by atomic mass is 10.0.